The maximum absolute atomic E-state index is 5.93. The molecule has 3 rings (SSSR count). The first-order valence-corrected chi connectivity index (χ1v) is 11.2. The Morgan fingerprint density at radius 3 is 2.59 bits per heavy atom. The summed E-state index contributed by atoms with van der Waals surface area (Å²) in [4.78, 5) is 11.4. The van der Waals surface area contributed by atoms with Gasteiger partial charge in [-0.05, 0) is 62.9 Å². The Kier molecular flexibility index (Phi) is 10.7. The van der Waals surface area contributed by atoms with Crippen LogP contribution in [0.3, 0.4) is 0 Å². The molecule has 0 spiro atoms. The molecule has 160 valence electrons. The highest BCUT2D eigenvalue weighted by Crippen LogP contribution is 2.19. The van der Waals surface area contributed by atoms with Crippen LogP contribution in [0.15, 0.2) is 34.6 Å². The second kappa shape index (κ2) is 12.7. The van der Waals surface area contributed by atoms with Crippen LogP contribution in [0.4, 0.5) is 0 Å². The van der Waals surface area contributed by atoms with Gasteiger partial charge < -0.3 is 10.6 Å². The Morgan fingerprint density at radius 1 is 1.24 bits per heavy atom. The molecule has 2 heterocycles. The fourth-order valence-electron chi connectivity index (χ4n) is 3.50. The standard InChI is InChI=1S/C21H30ClN5S.HI/c1-16-26-20(15-28-16)14-27-11-8-18(9-12-27)13-25-21(23-2)24-10-7-17-3-5-19(22)6-4-17;/h3-6,15,18H,7-14H2,1-2H3,(H2,23,24,25);1H. The average molecular weight is 548 g/mol. The van der Waals surface area contributed by atoms with Gasteiger partial charge in [0.2, 0.25) is 0 Å². The summed E-state index contributed by atoms with van der Waals surface area (Å²) >= 11 is 7.67. The summed E-state index contributed by atoms with van der Waals surface area (Å²) in [5, 5.41) is 11.0. The first-order chi connectivity index (χ1) is 13.6. The zero-order valence-corrected chi connectivity index (χ0v) is 21.1. The fourth-order valence-corrected chi connectivity index (χ4v) is 4.23. The number of piperidine rings is 1. The van der Waals surface area contributed by atoms with E-state index in [9.17, 15) is 0 Å². The number of benzene rings is 1. The average Bonchev–Trinajstić information content (AvgIpc) is 3.12. The predicted molar refractivity (Wildman–Crippen MR) is 135 cm³/mol. The summed E-state index contributed by atoms with van der Waals surface area (Å²) in [7, 11) is 1.83. The molecular formula is C21H31ClIN5S. The van der Waals surface area contributed by atoms with E-state index in [1.807, 2.05) is 19.2 Å². The number of aryl methyl sites for hydroxylation is 1. The number of hydrogen-bond donors (Lipinski definition) is 2. The molecule has 0 atom stereocenters. The van der Waals surface area contributed by atoms with Crippen molar-refractivity contribution in [1.82, 2.24) is 20.5 Å². The van der Waals surface area contributed by atoms with Crippen molar-refractivity contribution < 1.29 is 0 Å². The number of halogens is 2. The molecule has 8 heteroatoms. The third-order valence-electron chi connectivity index (χ3n) is 5.16. The van der Waals surface area contributed by atoms with Crippen molar-refractivity contribution in [3.05, 3.63) is 50.9 Å². The summed E-state index contributed by atoms with van der Waals surface area (Å²) in [6, 6.07) is 8.01. The van der Waals surface area contributed by atoms with Crippen molar-refractivity contribution in [3.8, 4) is 0 Å². The SMILES string of the molecule is CN=C(NCCc1ccc(Cl)cc1)NCC1CCN(Cc2csc(C)n2)CC1.I. The number of likely N-dealkylation sites (tertiary alicyclic amines) is 1. The molecule has 0 unspecified atom stereocenters. The van der Waals surface area contributed by atoms with Gasteiger partial charge in [0, 0.05) is 37.1 Å². The molecule has 1 aromatic heterocycles. The van der Waals surface area contributed by atoms with Gasteiger partial charge in [-0.1, -0.05) is 23.7 Å². The highest BCUT2D eigenvalue weighted by molar-refractivity contribution is 14.0. The summed E-state index contributed by atoms with van der Waals surface area (Å²) in [5.41, 5.74) is 2.49. The highest BCUT2D eigenvalue weighted by Gasteiger charge is 2.20. The lowest BCUT2D eigenvalue weighted by molar-refractivity contribution is 0.176. The number of aromatic nitrogens is 1. The molecule has 1 aliphatic heterocycles. The molecule has 1 aliphatic rings. The van der Waals surface area contributed by atoms with E-state index in [0.29, 0.717) is 5.92 Å². The van der Waals surface area contributed by atoms with Gasteiger partial charge in [-0.15, -0.1) is 35.3 Å². The summed E-state index contributed by atoms with van der Waals surface area (Å²) < 4.78 is 0. The Hall–Kier alpha value is -0.900. The minimum Gasteiger partial charge on any atom is -0.356 e. The number of guanidine groups is 1. The van der Waals surface area contributed by atoms with Crippen LogP contribution in [0.5, 0.6) is 0 Å². The molecule has 0 saturated carbocycles. The predicted octanol–water partition coefficient (Wildman–Crippen LogP) is 4.34. The Balaban J connectivity index is 0.00000300. The summed E-state index contributed by atoms with van der Waals surface area (Å²) in [5.74, 6) is 1.58. The van der Waals surface area contributed by atoms with Crippen molar-refractivity contribution in [2.24, 2.45) is 10.9 Å². The number of thiazole rings is 1. The van der Waals surface area contributed by atoms with Gasteiger partial charge in [0.05, 0.1) is 10.7 Å². The van der Waals surface area contributed by atoms with Crippen LogP contribution in [-0.2, 0) is 13.0 Å². The number of aliphatic imine (C=N–C) groups is 1. The second-order valence-electron chi connectivity index (χ2n) is 7.33. The Morgan fingerprint density at radius 2 is 1.97 bits per heavy atom. The lowest BCUT2D eigenvalue weighted by Crippen LogP contribution is -2.43. The number of nitrogens with zero attached hydrogens (tertiary/aromatic N) is 3. The fraction of sp³-hybridized carbons (Fsp3) is 0.524. The van der Waals surface area contributed by atoms with E-state index >= 15 is 0 Å². The van der Waals surface area contributed by atoms with Gasteiger partial charge in [-0.3, -0.25) is 9.89 Å². The van der Waals surface area contributed by atoms with Gasteiger partial charge in [-0.25, -0.2) is 4.98 Å². The van der Waals surface area contributed by atoms with E-state index in [1.54, 1.807) is 11.3 Å². The third-order valence-corrected chi connectivity index (χ3v) is 6.23. The number of hydrogen-bond acceptors (Lipinski definition) is 4. The van der Waals surface area contributed by atoms with Crippen LogP contribution in [-0.4, -0.2) is 49.1 Å². The topological polar surface area (TPSA) is 52.6 Å². The second-order valence-corrected chi connectivity index (χ2v) is 8.83. The Bertz CT molecular complexity index is 757. The quantitative estimate of drug-likeness (QED) is 0.308. The van der Waals surface area contributed by atoms with Crippen molar-refractivity contribution in [2.45, 2.75) is 32.7 Å². The zero-order valence-electron chi connectivity index (χ0n) is 17.2. The summed E-state index contributed by atoms with van der Waals surface area (Å²) in [6.45, 7) is 7.18. The molecule has 0 amide bonds. The number of nitrogens with one attached hydrogen (secondary N) is 2. The van der Waals surface area contributed by atoms with Gasteiger partial charge >= 0.3 is 0 Å². The van der Waals surface area contributed by atoms with Gasteiger partial charge in [0.1, 0.15) is 0 Å². The van der Waals surface area contributed by atoms with Crippen molar-refractivity contribution in [3.63, 3.8) is 0 Å². The van der Waals surface area contributed by atoms with Crippen LogP contribution in [0, 0.1) is 12.8 Å². The highest BCUT2D eigenvalue weighted by atomic mass is 127. The molecule has 5 nitrogen and oxygen atoms in total. The lowest BCUT2D eigenvalue weighted by atomic mass is 9.97. The molecule has 0 aliphatic carbocycles. The first kappa shape index (κ1) is 24.4. The van der Waals surface area contributed by atoms with Crippen LogP contribution in [0.2, 0.25) is 5.02 Å². The van der Waals surface area contributed by atoms with Crippen molar-refractivity contribution >= 4 is 52.9 Å². The lowest BCUT2D eigenvalue weighted by Gasteiger charge is -2.31. The van der Waals surface area contributed by atoms with Gasteiger partial charge in [0.25, 0.3) is 0 Å². The first-order valence-electron chi connectivity index (χ1n) is 9.94. The van der Waals surface area contributed by atoms with Gasteiger partial charge in [0.15, 0.2) is 5.96 Å². The minimum atomic E-state index is 0. The van der Waals surface area contributed by atoms with Crippen molar-refractivity contribution in [2.75, 3.05) is 33.2 Å². The van der Waals surface area contributed by atoms with Crippen LogP contribution in [0.1, 0.15) is 29.1 Å². The molecule has 0 radical (unpaired) electrons. The number of rotatable bonds is 7. The molecule has 0 bridgehead atoms. The largest absolute Gasteiger partial charge is 0.356 e. The molecular weight excluding hydrogens is 517 g/mol. The van der Waals surface area contributed by atoms with Crippen LogP contribution < -0.4 is 10.6 Å². The molecule has 1 aromatic carbocycles. The smallest absolute Gasteiger partial charge is 0.190 e. The van der Waals surface area contributed by atoms with E-state index in [-0.39, 0.29) is 24.0 Å². The molecule has 29 heavy (non-hydrogen) atoms. The normalized spacial score (nSPS) is 15.8. The maximum Gasteiger partial charge on any atom is 0.190 e. The van der Waals surface area contributed by atoms with E-state index in [4.69, 9.17) is 11.6 Å². The molecule has 1 fully saturated rings. The van der Waals surface area contributed by atoms with E-state index in [1.165, 1.54) is 24.1 Å². The van der Waals surface area contributed by atoms with E-state index in [0.717, 1.165) is 55.1 Å². The zero-order chi connectivity index (χ0) is 19.8. The van der Waals surface area contributed by atoms with Crippen molar-refractivity contribution in [1.29, 1.82) is 0 Å². The maximum atomic E-state index is 5.93. The van der Waals surface area contributed by atoms with E-state index in [2.05, 4.69) is 49.9 Å². The monoisotopic (exact) mass is 547 g/mol. The minimum absolute atomic E-state index is 0. The molecule has 1 saturated heterocycles. The van der Waals surface area contributed by atoms with Crippen LogP contribution >= 0.6 is 46.9 Å². The molecule has 2 N–H and O–H groups in total. The summed E-state index contributed by atoms with van der Waals surface area (Å²) in [6.07, 6.45) is 3.39. The van der Waals surface area contributed by atoms with Gasteiger partial charge in [-0.2, -0.15) is 0 Å². The van der Waals surface area contributed by atoms with Crippen LogP contribution in [0.25, 0.3) is 0 Å². The third kappa shape index (κ3) is 8.39. The molecule has 2 aromatic rings. The van der Waals surface area contributed by atoms with E-state index < -0.39 is 0 Å². The Labute approximate surface area is 200 Å².